The van der Waals surface area contributed by atoms with E-state index in [1.54, 1.807) is 42.4 Å². The van der Waals surface area contributed by atoms with Crippen LogP contribution in [0.15, 0.2) is 36.5 Å². The van der Waals surface area contributed by atoms with Crippen molar-refractivity contribution in [2.24, 2.45) is 5.92 Å². The van der Waals surface area contributed by atoms with Gasteiger partial charge in [-0.3, -0.25) is 4.98 Å². The number of carbonyl (C=O) groups is 1. The van der Waals surface area contributed by atoms with Crippen LogP contribution in [0.1, 0.15) is 12.8 Å². The van der Waals surface area contributed by atoms with Gasteiger partial charge in [0.25, 0.3) is 0 Å². The zero-order valence-electron chi connectivity index (χ0n) is 13.7. The first kappa shape index (κ1) is 18.0. The molecule has 1 fully saturated rings. The molecule has 0 atom stereocenters. The Hall–Kier alpha value is -1.82. The third-order valence-electron chi connectivity index (χ3n) is 4.31. The molecule has 1 aliphatic carbocycles. The van der Waals surface area contributed by atoms with Crippen molar-refractivity contribution in [3.63, 3.8) is 0 Å². The zero-order valence-corrected chi connectivity index (χ0v) is 15.3. The molecule has 3 rings (SSSR count). The normalized spacial score (nSPS) is 19.2. The van der Waals surface area contributed by atoms with Crippen LogP contribution in [-0.4, -0.2) is 40.7 Å². The predicted octanol–water partition coefficient (Wildman–Crippen LogP) is 4.29. The number of amides is 2. The molecular weight excluding hydrogens is 361 g/mol. The topological polar surface area (TPSA) is 65.5 Å². The first-order valence-corrected chi connectivity index (χ1v) is 8.79. The van der Waals surface area contributed by atoms with Gasteiger partial charge in [0.05, 0.1) is 28.7 Å². The number of benzene rings is 1. The fourth-order valence-electron chi connectivity index (χ4n) is 2.86. The van der Waals surface area contributed by atoms with Gasteiger partial charge in [-0.1, -0.05) is 23.2 Å². The van der Waals surface area contributed by atoms with Crippen molar-refractivity contribution in [3.8, 4) is 11.3 Å². The van der Waals surface area contributed by atoms with Crippen molar-refractivity contribution in [3.05, 3.63) is 46.6 Å². The Morgan fingerprint density at radius 3 is 2.68 bits per heavy atom. The van der Waals surface area contributed by atoms with E-state index in [0.717, 1.165) is 18.4 Å². The van der Waals surface area contributed by atoms with E-state index in [1.807, 2.05) is 6.07 Å². The standard InChI is InChI=1S/C18H19Cl2N3O2/c1-23(10-11-6-14(24)7-11)18(25)22-13-3-5-17(21-9-13)15-4-2-12(19)8-16(15)20/h2-5,8-9,11,14,24H,6-7,10H2,1H3,(H,22,25). The Bertz CT molecular complexity index is 761. The molecule has 5 nitrogen and oxygen atoms in total. The maximum absolute atomic E-state index is 12.2. The number of nitrogens with one attached hydrogen (secondary N) is 1. The number of hydrogen-bond acceptors (Lipinski definition) is 3. The van der Waals surface area contributed by atoms with Crippen molar-refractivity contribution in [2.75, 3.05) is 18.9 Å². The Kier molecular flexibility index (Phi) is 5.47. The highest BCUT2D eigenvalue weighted by molar-refractivity contribution is 6.36. The average Bonchev–Trinajstić information content (AvgIpc) is 2.54. The Balaban J connectivity index is 1.61. The number of hydrogen-bond donors (Lipinski definition) is 2. The van der Waals surface area contributed by atoms with Crippen LogP contribution in [0.2, 0.25) is 10.0 Å². The summed E-state index contributed by atoms with van der Waals surface area (Å²) in [6.45, 7) is 0.634. The monoisotopic (exact) mass is 379 g/mol. The lowest BCUT2D eigenvalue weighted by Gasteiger charge is -2.34. The number of carbonyl (C=O) groups excluding carboxylic acids is 1. The Morgan fingerprint density at radius 2 is 2.08 bits per heavy atom. The van der Waals surface area contributed by atoms with Crippen molar-refractivity contribution in [2.45, 2.75) is 18.9 Å². The van der Waals surface area contributed by atoms with Crippen LogP contribution in [0.5, 0.6) is 0 Å². The number of anilines is 1. The summed E-state index contributed by atoms with van der Waals surface area (Å²) < 4.78 is 0. The third-order valence-corrected chi connectivity index (χ3v) is 4.86. The number of nitrogens with zero attached hydrogens (tertiary/aromatic N) is 2. The van der Waals surface area contributed by atoms with E-state index >= 15 is 0 Å². The molecule has 2 amide bonds. The molecule has 2 N–H and O–H groups in total. The fourth-order valence-corrected chi connectivity index (χ4v) is 3.37. The summed E-state index contributed by atoms with van der Waals surface area (Å²) >= 11 is 12.1. The minimum absolute atomic E-state index is 0.194. The number of urea groups is 1. The Morgan fingerprint density at radius 1 is 1.32 bits per heavy atom. The van der Waals surface area contributed by atoms with Gasteiger partial charge in [-0.2, -0.15) is 0 Å². The first-order valence-electron chi connectivity index (χ1n) is 8.04. The van der Waals surface area contributed by atoms with Gasteiger partial charge in [0.1, 0.15) is 0 Å². The number of pyridine rings is 1. The van der Waals surface area contributed by atoms with E-state index in [9.17, 15) is 9.90 Å². The second-order valence-corrected chi connectivity index (χ2v) is 7.20. The maximum atomic E-state index is 12.2. The summed E-state index contributed by atoms with van der Waals surface area (Å²) in [6.07, 6.45) is 2.91. The van der Waals surface area contributed by atoms with E-state index in [0.29, 0.717) is 33.9 Å². The van der Waals surface area contributed by atoms with Crippen LogP contribution in [-0.2, 0) is 0 Å². The zero-order chi connectivity index (χ0) is 18.0. The molecule has 0 aliphatic heterocycles. The molecule has 0 radical (unpaired) electrons. The second-order valence-electron chi connectivity index (χ2n) is 6.36. The second kappa shape index (κ2) is 7.60. The van der Waals surface area contributed by atoms with E-state index < -0.39 is 0 Å². The molecule has 1 heterocycles. The van der Waals surface area contributed by atoms with Gasteiger partial charge in [-0.15, -0.1) is 0 Å². The van der Waals surface area contributed by atoms with Gasteiger partial charge < -0.3 is 15.3 Å². The SMILES string of the molecule is CN(CC1CC(O)C1)C(=O)Nc1ccc(-c2ccc(Cl)cc2Cl)nc1. The molecule has 0 unspecified atom stereocenters. The molecule has 1 aliphatic rings. The molecule has 1 aromatic carbocycles. The van der Waals surface area contributed by atoms with Crippen LogP contribution < -0.4 is 5.32 Å². The van der Waals surface area contributed by atoms with Crippen LogP contribution in [0.3, 0.4) is 0 Å². The molecule has 7 heteroatoms. The van der Waals surface area contributed by atoms with Gasteiger partial charge in [0, 0.05) is 24.2 Å². The van der Waals surface area contributed by atoms with E-state index in [4.69, 9.17) is 23.2 Å². The predicted molar refractivity (Wildman–Crippen MR) is 100 cm³/mol. The summed E-state index contributed by atoms with van der Waals surface area (Å²) in [5.41, 5.74) is 2.10. The molecule has 0 bridgehead atoms. The van der Waals surface area contributed by atoms with Crippen molar-refractivity contribution >= 4 is 34.9 Å². The molecule has 0 spiro atoms. The van der Waals surface area contributed by atoms with Gasteiger partial charge >= 0.3 is 6.03 Å². The van der Waals surface area contributed by atoms with Gasteiger partial charge in [0.15, 0.2) is 0 Å². The summed E-state index contributed by atoms with van der Waals surface area (Å²) in [5, 5.41) is 13.2. The van der Waals surface area contributed by atoms with Gasteiger partial charge in [0.2, 0.25) is 0 Å². The van der Waals surface area contributed by atoms with Crippen LogP contribution in [0.25, 0.3) is 11.3 Å². The van der Waals surface area contributed by atoms with Gasteiger partial charge in [-0.25, -0.2) is 4.79 Å². The largest absolute Gasteiger partial charge is 0.393 e. The molecule has 1 saturated carbocycles. The molecule has 2 aromatic rings. The summed E-state index contributed by atoms with van der Waals surface area (Å²) in [6, 6.07) is 8.63. The average molecular weight is 380 g/mol. The van der Waals surface area contributed by atoms with E-state index in [2.05, 4.69) is 10.3 Å². The molecule has 1 aromatic heterocycles. The highest BCUT2D eigenvalue weighted by Gasteiger charge is 2.29. The lowest BCUT2D eigenvalue weighted by atomic mass is 9.82. The van der Waals surface area contributed by atoms with E-state index in [-0.39, 0.29) is 12.1 Å². The maximum Gasteiger partial charge on any atom is 0.321 e. The molecule has 0 saturated heterocycles. The van der Waals surface area contributed by atoms with Crippen LogP contribution >= 0.6 is 23.2 Å². The molecule has 132 valence electrons. The summed E-state index contributed by atoms with van der Waals surface area (Å²) in [5.74, 6) is 0.373. The number of aliphatic hydroxyl groups excluding tert-OH is 1. The summed E-state index contributed by atoms with van der Waals surface area (Å²) in [4.78, 5) is 18.2. The number of aromatic nitrogens is 1. The van der Waals surface area contributed by atoms with Crippen molar-refractivity contribution in [1.29, 1.82) is 0 Å². The molecule has 25 heavy (non-hydrogen) atoms. The highest BCUT2D eigenvalue weighted by atomic mass is 35.5. The Labute approximate surface area is 156 Å². The minimum atomic E-state index is -0.210. The van der Waals surface area contributed by atoms with Crippen molar-refractivity contribution < 1.29 is 9.90 Å². The highest BCUT2D eigenvalue weighted by Crippen LogP contribution is 2.30. The lowest BCUT2D eigenvalue weighted by molar-refractivity contribution is 0.0332. The third kappa shape index (κ3) is 4.42. The number of rotatable bonds is 4. The van der Waals surface area contributed by atoms with Crippen LogP contribution in [0.4, 0.5) is 10.5 Å². The number of halogens is 2. The molecular formula is C18H19Cl2N3O2. The minimum Gasteiger partial charge on any atom is -0.393 e. The summed E-state index contributed by atoms with van der Waals surface area (Å²) in [7, 11) is 1.75. The fraction of sp³-hybridized carbons (Fsp3) is 0.333. The number of aliphatic hydroxyl groups is 1. The van der Waals surface area contributed by atoms with Crippen LogP contribution in [0, 0.1) is 5.92 Å². The van der Waals surface area contributed by atoms with Gasteiger partial charge in [-0.05, 0) is 49.1 Å². The van der Waals surface area contributed by atoms with E-state index in [1.165, 1.54) is 0 Å². The first-order chi connectivity index (χ1) is 11.9. The smallest absolute Gasteiger partial charge is 0.321 e. The quantitative estimate of drug-likeness (QED) is 0.832. The van der Waals surface area contributed by atoms with Crippen molar-refractivity contribution in [1.82, 2.24) is 9.88 Å². The lowest BCUT2D eigenvalue weighted by Crippen LogP contribution is -2.41.